The maximum absolute atomic E-state index is 12.9. The number of aryl methyl sites for hydroxylation is 2. The Morgan fingerprint density at radius 1 is 1.30 bits per heavy atom. The average molecular weight is 334 g/mol. The van der Waals surface area contributed by atoms with Crippen molar-refractivity contribution in [1.82, 2.24) is 9.46 Å². The van der Waals surface area contributed by atoms with Gasteiger partial charge in [0, 0.05) is 19.0 Å². The van der Waals surface area contributed by atoms with Crippen molar-refractivity contribution >= 4 is 10.0 Å². The Balaban J connectivity index is 1.89. The van der Waals surface area contributed by atoms with Gasteiger partial charge in [0.05, 0.1) is 10.9 Å². The number of hydrogen-bond donors (Lipinski definition) is 0. The van der Waals surface area contributed by atoms with E-state index in [1.807, 2.05) is 25.1 Å². The van der Waals surface area contributed by atoms with Crippen molar-refractivity contribution in [2.45, 2.75) is 50.5 Å². The van der Waals surface area contributed by atoms with E-state index in [9.17, 15) is 8.42 Å². The summed E-state index contributed by atoms with van der Waals surface area (Å²) in [6.07, 6.45) is 3.42. The molecule has 0 radical (unpaired) electrons. The molecule has 0 N–H and O–H groups in total. The first kappa shape index (κ1) is 16.2. The van der Waals surface area contributed by atoms with Crippen molar-refractivity contribution in [2.24, 2.45) is 0 Å². The molecule has 1 aliphatic heterocycles. The summed E-state index contributed by atoms with van der Waals surface area (Å²) in [7, 11) is -3.50. The number of rotatable bonds is 5. The van der Waals surface area contributed by atoms with Gasteiger partial charge in [-0.3, -0.25) is 0 Å². The molecule has 2 aromatic rings. The molecule has 0 spiro atoms. The van der Waals surface area contributed by atoms with Gasteiger partial charge in [-0.2, -0.15) is 4.31 Å². The minimum Gasteiger partial charge on any atom is -0.361 e. The van der Waals surface area contributed by atoms with E-state index < -0.39 is 10.0 Å². The fourth-order valence-corrected chi connectivity index (χ4v) is 4.69. The van der Waals surface area contributed by atoms with Crippen molar-refractivity contribution in [3.05, 3.63) is 47.3 Å². The lowest BCUT2D eigenvalue weighted by Crippen LogP contribution is -2.30. The lowest BCUT2D eigenvalue weighted by molar-refractivity contribution is 0.343. The van der Waals surface area contributed by atoms with E-state index in [2.05, 4.69) is 12.1 Å². The molecular formula is C17H22N2O3S. The summed E-state index contributed by atoms with van der Waals surface area (Å²) in [6, 6.07) is 8.67. The fourth-order valence-electron chi connectivity index (χ4n) is 3.02. The Hall–Kier alpha value is -1.66. The Morgan fingerprint density at radius 2 is 2.04 bits per heavy atom. The molecule has 6 heteroatoms. The molecule has 1 aliphatic rings. The predicted molar refractivity (Wildman–Crippen MR) is 87.5 cm³/mol. The molecule has 1 fully saturated rings. The lowest BCUT2D eigenvalue weighted by Gasteiger charge is -2.22. The van der Waals surface area contributed by atoms with Crippen LogP contribution in [0.25, 0.3) is 0 Å². The second kappa shape index (κ2) is 6.45. The smallest absolute Gasteiger partial charge is 0.243 e. The number of nitrogens with zero attached hydrogens (tertiary/aromatic N) is 2. The normalized spacial score (nSPS) is 19.3. The first-order chi connectivity index (χ1) is 11.0. The number of benzene rings is 1. The molecule has 0 saturated carbocycles. The quantitative estimate of drug-likeness (QED) is 0.840. The summed E-state index contributed by atoms with van der Waals surface area (Å²) >= 11 is 0. The van der Waals surface area contributed by atoms with Crippen molar-refractivity contribution in [3.8, 4) is 0 Å². The Kier molecular flexibility index (Phi) is 4.55. The van der Waals surface area contributed by atoms with Gasteiger partial charge in [0.15, 0.2) is 0 Å². The van der Waals surface area contributed by atoms with Crippen molar-refractivity contribution in [2.75, 3.05) is 6.54 Å². The lowest BCUT2D eigenvalue weighted by atomic mass is 10.1. The zero-order chi connectivity index (χ0) is 16.4. The molecule has 1 aromatic heterocycles. The van der Waals surface area contributed by atoms with Gasteiger partial charge in [-0.1, -0.05) is 29.8 Å². The van der Waals surface area contributed by atoms with Crippen LogP contribution in [0.4, 0.5) is 0 Å². The molecule has 1 saturated heterocycles. The van der Waals surface area contributed by atoms with Gasteiger partial charge in [0.1, 0.15) is 11.5 Å². The molecule has 0 aliphatic carbocycles. The highest BCUT2D eigenvalue weighted by Crippen LogP contribution is 2.36. The van der Waals surface area contributed by atoms with Crippen LogP contribution in [-0.2, 0) is 16.4 Å². The van der Waals surface area contributed by atoms with Gasteiger partial charge in [-0.05, 0) is 38.3 Å². The molecule has 1 aromatic carbocycles. The fraction of sp³-hybridized carbons (Fsp3) is 0.471. The summed E-state index contributed by atoms with van der Waals surface area (Å²) in [5, 5.41) is 4.11. The Morgan fingerprint density at radius 3 is 2.74 bits per heavy atom. The van der Waals surface area contributed by atoms with Crippen LogP contribution in [0.15, 0.2) is 39.8 Å². The second-order valence-electron chi connectivity index (χ2n) is 6.05. The Labute approximate surface area is 137 Å². The minimum atomic E-state index is -3.50. The molecule has 0 unspecified atom stereocenters. The monoisotopic (exact) mass is 334 g/mol. The van der Waals surface area contributed by atoms with Crippen LogP contribution in [-0.4, -0.2) is 24.4 Å². The number of aromatic nitrogens is 1. The molecule has 0 bridgehead atoms. The molecule has 3 rings (SSSR count). The number of sulfonamides is 1. The van der Waals surface area contributed by atoms with Crippen LogP contribution in [0.1, 0.15) is 49.2 Å². The van der Waals surface area contributed by atoms with Gasteiger partial charge in [0.25, 0.3) is 0 Å². The van der Waals surface area contributed by atoms with E-state index in [4.69, 9.17) is 4.52 Å². The zero-order valence-electron chi connectivity index (χ0n) is 13.5. The van der Waals surface area contributed by atoms with E-state index >= 15 is 0 Å². The Bertz CT molecular complexity index is 765. The standard InChI is InChI=1S/C17H22N2O3S/c1-3-5-14-12-16(18-22-14)17-6-4-11-19(17)23(20,21)15-9-7-13(2)8-10-15/h7-10,12,17H,3-6,11H2,1-2H3/t17-/m0/s1. The van der Waals surface area contributed by atoms with E-state index in [1.54, 1.807) is 16.4 Å². The molecule has 2 heterocycles. The van der Waals surface area contributed by atoms with Crippen LogP contribution in [0.3, 0.4) is 0 Å². The van der Waals surface area contributed by atoms with Gasteiger partial charge < -0.3 is 4.52 Å². The molecule has 23 heavy (non-hydrogen) atoms. The molecular weight excluding hydrogens is 312 g/mol. The summed E-state index contributed by atoms with van der Waals surface area (Å²) in [5.74, 6) is 0.821. The summed E-state index contributed by atoms with van der Waals surface area (Å²) in [5.41, 5.74) is 1.77. The van der Waals surface area contributed by atoms with Gasteiger partial charge in [-0.25, -0.2) is 8.42 Å². The second-order valence-corrected chi connectivity index (χ2v) is 7.95. The topological polar surface area (TPSA) is 63.4 Å². The molecule has 5 nitrogen and oxygen atoms in total. The van der Waals surface area contributed by atoms with Gasteiger partial charge in [0.2, 0.25) is 10.0 Å². The third-order valence-corrected chi connectivity index (χ3v) is 6.17. The van der Waals surface area contributed by atoms with Crippen molar-refractivity contribution in [3.63, 3.8) is 0 Å². The summed E-state index contributed by atoms with van der Waals surface area (Å²) in [4.78, 5) is 0.340. The van der Waals surface area contributed by atoms with E-state index in [0.29, 0.717) is 11.4 Å². The highest BCUT2D eigenvalue weighted by molar-refractivity contribution is 7.89. The number of hydrogen-bond acceptors (Lipinski definition) is 4. The van der Waals surface area contributed by atoms with Crippen molar-refractivity contribution < 1.29 is 12.9 Å². The maximum atomic E-state index is 12.9. The third kappa shape index (κ3) is 3.19. The maximum Gasteiger partial charge on any atom is 0.243 e. The average Bonchev–Trinajstić information content (AvgIpc) is 3.16. The largest absolute Gasteiger partial charge is 0.361 e. The van der Waals surface area contributed by atoms with Crippen LogP contribution in [0.5, 0.6) is 0 Å². The summed E-state index contributed by atoms with van der Waals surface area (Å²) < 4.78 is 32.7. The highest BCUT2D eigenvalue weighted by Gasteiger charge is 2.37. The van der Waals surface area contributed by atoms with Crippen molar-refractivity contribution in [1.29, 1.82) is 0 Å². The molecule has 0 amide bonds. The van der Waals surface area contributed by atoms with E-state index in [0.717, 1.165) is 42.7 Å². The van der Waals surface area contributed by atoms with Crippen LogP contribution in [0.2, 0.25) is 0 Å². The SMILES string of the molecule is CCCc1cc([C@@H]2CCCN2S(=O)(=O)c2ccc(C)cc2)no1. The van der Waals surface area contributed by atoms with E-state index in [1.165, 1.54) is 0 Å². The van der Waals surface area contributed by atoms with Gasteiger partial charge in [-0.15, -0.1) is 0 Å². The zero-order valence-corrected chi connectivity index (χ0v) is 14.3. The van der Waals surface area contributed by atoms with Gasteiger partial charge >= 0.3 is 0 Å². The van der Waals surface area contributed by atoms with Crippen LogP contribution >= 0.6 is 0 Å². The van der Waals surface area contributed by atoms with Crippen LogP contribution < -0.4 is 0 Å². The molecule has 124 valence electrons. The third-order valence-electron chi connectivity index (χ3n) is 4.25. The predicted octanol–water partition coefficient (Wildman–Crippen LogP) is 3.46. The molecule has 1 atom stereocenters. The first-order valence-electron chi connectivity index (χ1n) is 8.06. The highest BCUT2D eigenvalue weighted by atomic mass is 32.2. The van der Waals surface area contributed by atoms with Crippen LogP contribution in [0, 0.1) is 6.92 Å². The minimum absolute atomic E-state index is 0.226. The van der Waals surface area contributed by atoms with E-state index in [-0.39, 0.29) is 6.04 Å². The first-order valence-corrected chi connectivity index (χ1v) is 9.50. The summed E-state index contributed by atoms with van der Waals surface area (Å²) in [6.45, 7) is 4.54.